The Morgan fingerprint density at radius 2 is 1.90 bits per heavy atom. The third kappa shape index (κ3) is 3.77. The van der Waals surface area contributed by atoms with Crippen LogP contribution in [0.15, 0.2) is 23.1 Å². The molecule has 1 fully saturated rings. The summed E-state index contributed by atoms with van der Waals surface area (Å²) in [6, 6.07) is 4.96. The van der Waals surface area contributed by atoms with Gasteiger partial charge in [0.25, 0.3) is 0 Å². The maximum atomic E-state index is 12.6. The Labute approximate surface area is 128 Å². The zero-order valence-corrected chi connectivity index (χ0v) is 13.9. The fourth-order valence-corrected chi connectivity index (χ4v) is 4.51. The first-order chi connectivity index (χ1) is 9.81. The average Bonchev–Trinajstić information content (AvgIpc) is 2.41. The quantitative estimate of drug-likeness (QED) is 0.840. The summed E-state index contributed by atoms with van der Waals surface area (Å²) >= 11 is 0. The molecule has 1 aromatic rings. The van der Waals surface area contributed by atoms with Crippen LogP contribution in [0.2, 0.25) is 0 Å². The maximum Gasteiger partial charge on any atom is 0.240 e. The van der Waals surface area contributed by atoms with E-state index in [0.29, 0.717) is 17.5 Å². The van der Waals surface area contributed by atoms with E-state index in [1.54, 1.807) is 18.2 Å². The van der Waals surface area contributed by atoms with E-state index in [4.69, 9.17) is 5.73 Å². The van der Waals surface area contributed by atoms with E-state index in [2.05, 4.69) is 18.6 Å². The number of nitrogen functional groups attached to an aromatic ring is 1. The van der Waals surface area contributed by atoms with Crippen LogP contribution in [-0.2, 0) is 10.0 Å². The first-order valence-electron chi connectivity index (χ1n) is 7.69. The molecule has 2 unspecified atom stereocenters. The van der Waals surface area contributed by atoms with Gasteiger partial charge in [0.15, 0.2) is 0 Å². The van der Waals surface area contributed by atoms with Crippen LogP contribution in [-0.4, -0.2) is 14.5 Å². The van der Waals surface area contributed by atoms with Gasteiger partial charge in [-0.3, -0.25) is 0 Å². The summed E-state index contributed by atoms with van der Waals surface area (Å²) in [6.45, 7) is 6.21. The third-order valence-corrected chi connectivity index (χ3v) is 6.03. The van der Waals surface area contributed by atoms with Gasteiger partial charge < -0.3 is 5.73 Å². The zero-order valence-electron chi connectivity index (χ0n) is 13.1. The van der Waals surface area contributed by atoms with Gasteiger partial charge in [0.2, 0.25) is 10.0 Å². The fourth-order valence-electron chi connectivity index (χ4n) is 3.16. The number of sulfonamides is 1. The van der Waals surface area contributed by atoms with E-state index in [-0.39, 0.29) is 10.9 Å². The van der Waals surface area contributed by atoms with Gasteiger partial charge in [0, 0.05) is 11.7 Å². The first-order valence-corrected chi connectivity index (χ1v) is 9.18. The van der Waals surface area contributed by atoms with Crippen molar-refractivity contribution < 1.29 is 8.42 Å². The second kappa shape index (κ2) is 6.36. The molecule has 0 radical (unpaired) electrons. The second-order valence-corrected chi connectivity index (χ2v) is 8.15. The monoisotopic (exact) mass is 310 g/mol. The van der Waals surface area contributed by atoms with Gasteiger partial charge in [-0.25, -0.2) is 13.1 Å². The van der Waals surface area contributed by atoms with Crippen LogP contribution in [0.3, 0.4) is 0 Å². The lowest BCUT2D eigenvalue weighted by Crippen LogP contribution is -2.43. The molecular weight excluding hydrogens is 284 g/mol. The molecule has 0 saturated heterocycles. The number of nitrogens with two attached hydrogens (primary N) is 1. The van der Waals surface area contributed by atoms with Gasteiger partial charge in [-0.05, 0) is 49.3 Å². The van der Waals surface area contributed by atoms with Crippen molar-refractivity contribution >= 4 is 15.7 Å². The minimum atomic E-state index is -3.50. The normalized spacial score (nSPS) is 23.4. The van der Waals surface area contributed by atoms with Gasteiger partial charge in [-0.1, -0.05) is 32.8 Å². The predicted octanol–water partition coefficient (Wildman–Crippen LogP) is 3.07. The van der Waals surface area contributed by atoms with E-state index in [1.807, 2.05) is 6.92 Å². The number of benzene rings is 1. The van der Waals surface area contributed by atoms with E-state index in [1.165, 1.54) is 6.42 Å². The number of rotatable bonds is 4. The highest BCUT2D eigenvalue weighted by atomic mass is 32.2. The number of anilines is 1. The van der Waals surface area contributed by atoms with Crippen LogP contribution in [0.5, 0.6) is 0 Å². The minimum absolute atomic E-state index is 0.0336. The Hall–Kier alpha value is -1.07. The fraction of sp³-hybridized carbons (Fsp3) is 0.625. The van der Waals surface area contributed by atoms with Gasteiger partial charge >= 0.3 is 0 Å². The Bertz CT molecular complexity index is 596. The largest absolute Gasteiger partial charge is 0.398 e. The van der Waals surface area contributed by atoms with Crippen molar-refractivity contribution in [1.82, 2.24) is 4.72 Å². The molecule has 4 nitrogen and oxygen atoms in total. The third-order valence-electron chi connectivity index (χ3n) is 4.54. The smallest absolute Gasteiger partial charge is 0.240 e. The highest BCUT2D eigenvalue weighted by Crippen LogP contribution is 2.31. The number of aryl methyl sites for hydroxylation is 1. The van der Waals surface area contributed by atoms with Crippen LogP contribution in [0.25, 0.3) is 0 Å². The molecule has 0 spiro atoms. The van der Waals surface area contributed by atoms with Crippen molar-refractivity contribution in [3.8, 4) is 0 Å². The summed E-state index contributed by atoms with van der Waals surface area (Å²) < 4.78 is 28.0. The average molecular weight is 310 g/mol. The Kier molecular flexibility index (Phi) is 4.94. The molecule has 0 aliphatic heterocycles. The highest BCUT2D eigenvalue weighted by Gasteiger charge is 2.31. The van der Waals surface area contributed by atoms with Gasteiger partial charge in [-0.2, -0.15) is 0 Å². The molecule has 3 N–H and O–H groups in total. The molecule has 0 heterocycles. The molecule has 0 bridgehead atoms. The molecule has 1 aromatic carbocycles. The molecule has 0 aromatic heterocycles. The van der Waals surface area contributed by atoms with Crippen molar-refractivity contribution in [2.24, 2.45) is 11.8 Å². The number of nitrogens with one attached hydrogen (secondary N) is 1. The minimum Gasteiger partial charge on any atom is -0.398 e. The standard InChI is InChI=1S/C16H26N2O2S/c1-11(2)14-6-4-5-7-16(14)18-21(19,20)13-9-8-12(3)15(17)10-13/h8-11,14,16,18H,4-7,17H2,1-3H3. The summed E-state index contributed by atoms with van der Waals surface area (Å²) in [6.07, 6.45) is 4.30. The number of hydrogen-bond acceptors (Lipinski definition) is 3. The summed E-state index contributed by atoms with van der Waals surface area (Å²) in [7, 11) is -3.50. The van der Waals surface area contributed by atoms with Crippen molar-refractivity contribution in [3.63, 3.8) is 0 Å². The predicted molar refractivity (Wildman–Crippen MR) is 86.5 cm³/mol. The first kappa shape index (κ1) is 16.3. The van der Waals surface area contributed by atoms with Crippen LogP contribution >= 0.6 is 0 Å². The zero-order chi connectivity index (χ0) is 15.6. The lowest BCUT2D eigenvalue weighted by atomic mass is 9.78. The molecule has 2 rings (SSSR count). The van der Waals surface area contributed by atoms with Gasteiger partial charge in [0.1, 0.15) is 0 Å². The molecule has 2 atom stereocenters. The topological polar surface area (TPSA) is 72.2 Å². The molecule has 21 heavy (non-hydrogen) atoms. The molecule has 5 heteroatoms. The lowest BCUT2D eigenvalue weighted by Gasteiger charge is -2.34. The van der Waals surface area contributed by atoms with Crippen LogP contribution < -0.4 is 10.5 Å². The summed E-state index contributed by atoms with van der Waals surface area (Å²) in [5.41, 5.74) is 7.24. The van der Waals surface area contributed by atoms with Gasteiger partial charge in [0.05, 0.1) is 4.90 Å². The molecule has 1 aliphatic rings. The Morgan fingerprint density at radius 3 is 2.52 bits per heavy atom. The molecular formula is C16H26N2O2S. The maximum absolute atomic E-state index is 12.6. The summed E-state index contributed by atoms with van der Waals surface area (Å²) in [5.74, 6) is 0.900. The van der Waals surface area contributed by atoms with Crippen LogP contribution in [0.1, 0.15) is 45.1 Å². The summed E-state index contributed by atoms with van der Waals surface area (Å²) in [5, 5.41) is 0. The van der Waals surface area contributed by atoms with Crippen molar-refractivity contribution in [2.45, 2.75) is 57.4 Å². The molecule has 0 amide bonds. The highest BCUT2D eigenvalue weighted by molar-refractivity contribution is 7.89. The molecule has 118 valence electrons. The SMILES string of the molecule is Cc1ccc(S(=O)(=O)NC2CCCCC2C(C)C)cc1N. The van der Waals surface area contributed by atoms with Crippen molar-refractivity contribution in [2.75, 3.05) is 5.73 Å². The molecule has 1 aliphatic carbocycles. The van der Waals surface area contributed by atoms with Crippen molar-refractivity contribution in [3.05, 3.63) is 23.8 Å². The summed E-state index contributed by atoms with van der Waals surface area (Å²) in [4.78, 5) is 0.263. The van der Waals surface area contributed by atoms with Gasteiger partial charge in [-0.15, -0.1) is 0 Å². The Morgan fingerprint density at radius 1 is 1.24 bits per heavy atom. The lowest BCUT2D eigenvalue weighted by molar-refractivity contribution is 0.226. The second-order valence-electron chi connectivity index (χ2n) is 6.44. The van der Waals surface area contributed by atoms with E-state index >= 15 is 0 Å². The van der Waals surface area contributed by atoms with Crippen LogP contribution in [0.4, 0.5) is 5.69 Å². The van der Waals surface area contributed by atoms with E-state index < -0.39 is 10.0 Å². The van der Waals surface area contributed by atoms with E-state index in [0.717, 1.165) is 24.8 Å². The Balaban J connectivity index is 2.21. The van der Waals surface area contributed by atoms with Crippen LogP contribution in [0, 0.1) is 18.8 Å². The van der Waals surface area contributed by atoms with E-state index in [9.17, 15) is 8.42 Å². The number of hydrogen-bond donors (Lipinski definition) is 2. The van der Waals surface area contributed by atoms with Crippen molar-refractivity contribution in [1.29, 1.82) is 0 Å². The molecule has 1 saturated carbocycles.